The molecule has 2 aromatic rings. The first-order valence-corrected chi connectivity index (χ1v) is 7.78. The van der Waals surface area contributed by atoms with Crippen LogP contribution in [0.4, 0.5) is 0 Å². The molecular weight excluding hydrogens is 460 g/mol. The Morgan fingerprint density at radius 3 is 1.90 bits per heavy atom. The first-order valence-electron chi connectivity index (χ1n) is 5.40. The van der Waals surface area contributed by atoms with Gasteiger partial charge in [0.15, 0.2) is 23.0 Å². The Labute approximate surface area is 140 Å². The summed E-state index contributed by atoms with van der Waals surface area (Å²) in [6.45, 7) is 0. The van der Waals surface area contributed by atoms with Crippen molar-refractivity contribution in [3.8, 4) is 23.0 Å². The number of rotatable bonds is 2. The molecule has 0 atom stereocenters. The molecule has 0 aliphatic rings. The molecule has 20 heavy (non-hydrogen) atoms. The molecule has 4 nitrogen and oxygen atoms in total. The molecule has 0 fully saturated rings. The average Bonchev–Trinajstić information content (AvgIpc) is 2.39. The summed E-state index contributed by atoms with van der Waals surface area (Å²) >= 11 is 9.82. The summed E-state index contributed by atoms with van der Waals surface area (Å²) in [6.07, 6.45) is 0.376. The largest absolute Gasteiger partial charge is 0.504 e. The Morgan fingerprint density at radius 1 is 0.700 bits per heavy atom. The molecule has 0 radical (unpaired) electrons. The van der Waals surface area contributed by atoms with E-state index in [9.17, 15) is 20.4 Å². The maximum absolute atomic E-state index is 9.65. The van der Waals surface area contributed by atoms with Crippen molar-refractivity contribution in [2.45, 2.75) is 6.42 Å². The summed E-state index contributed by atoms with van der Waals surface area (Å²) in [4.78, 5) is 0. The van der Waals surface area contributed by atoms with Crippen molar-refractivity contribution in [1.29, 1.82) is 0 Å². The van der Waals surface area contributed by atoms with Gasteiger partial charge < -0.3 is 20.4 Å². The summed E-state index contributed by atoms with van der Waals surface area (Å²) in [5.41, 5.74) is 1.43. The number of halogens is 3. The second-order valence-electron chi connectivity index (χ2n) is 4.14. The van der Waals surface area contributed by atoms with Crippen LogP contribution in [-0.4, -0.2) is 20.4 Å². The number of benzene rings is 2. The zero-order chi connectivity index (χ0) is 15.0. The molecule has 2 rings (SSSR count). The Bertz CT molecular complexity index is 686. The van der Waals surface area contributed by atoms with Gasteiger partial charge >= 0.3 is 0 Å². The van der Waals surface area contributed by atoms with Crippen molar-refractivity contribution in [2.75, 3.05) is 0 Å². The van der Waals surface area contributed by atoms with Gasteiger partial charge in [-0.2, -0.15) is 0 Å². The monoisotopic (exact) mass is 466 g/mol. The third kappa shape index (κ3) is 2.89. The van der Waals surface area contributed by atoms with Gasteiger partial charge in [0.05, 0.1) is 4.47 Å². The highest BCUT2D eigenvalue weighted by Crippen LogP contribution is 2.42. The van der Waals surface area contributed by atoms with E-state index in [1.54, 1.807) is 0 Å². The van der Waals surface area contributed by atoms with Crippen LogP contribution in [0.1, 0.15) is 11.1 Å². The van der Waals surface area contributed by atoms with E-state index < -0.39 is 0 Å². The molecule has 0 unspecified atom stereocenters. The Hall–Kier alpha value is -0.920. The van der Waals surface area contributed by atoms with Crippen LogP contribution in [-0.2, 0) is 6.42 Å². The molecule has 0 aromatic heterocycles. The normalized spacial score (nSPS) is 10.8. The second kappa shape index (κ2) is 5.83. The number of hydrogen-bond acceptors (Lipinski definition) is 4. The number of hydrogen-bond donors (Lipinski definition) is 4. The minimum Gasteiger partial charge on any atom is -0.504 e. The predicted octanol–water partition coefficient (Wildman–Crippen LogP) is 4.39. The van der Waals surface area contributed by atoms with Gasteiger partial charge in [0.1, 0.15) is 0 Å². The molecule has 0 amide bonds. The van der Waals surface area contributed by atoms with E-state index in [4.69, 9.17) is 0 Å². The summed E-state index contributed by atoms with van der Waals surface area (Å²) in [5.74, 6) is -0.918. The van der Waals surface area contributed by atoms with Crippen molar-refractivity contribution in [2.24, 2.45) is 0 Å². The lowest BCUT2D eigenvalue weighted by molar-refractivity contribution is 0.400. The van der Waals surface area contributed by atoms with E-state index in [-0.39, 0.29) is 23.0 Å². The van der Waals surface area contributed by atoms with E-state index in [1.165, 1.54) is 18.2 Å². The van der Waals surface area contributed by atoms with Gasteiger partial charge in [-0.25, -0.2) is 0 Å². The van der Waals surface area contributed by atoms with E-state index in [2.05, 4.69) is 47.8 Å². The maximum Gasteiger partial charge on any atom is 0.173 e. The Balaban J connectivity index is 2.48. The SMILES string of the molecule is Oc1cc(Br)c(Cc2cc(O)c(O)c(Br)c2Br)cc1O. The van der Waals surface area contributed by atoms with Gasteiger partial charge in [-0.15, -0.1) is 0 Å². The molecule has 2 aromatic carbocycles. The molecule has 7 heteroatoms. The molecule has 4 N–H and O–H groups in total. The van der Waals surface area contributed by atoms with Crippen molar-refractivity contribution in [3.63, 3.8) is 0 Å². The van der Waals surface area contributed by atoms with E-state index >= 15 is 0 Å². The standard InChI is InChI=1S/C13H9Br3O4/c14-7-4-9(18)8(17)2-5(7)1-6-3-10(19)13(20)12(16)11(6)15/h2-4,17-20H,1H2. The highest BCUT2D eigenvalue weighted by atomic mass is 79.9. The second-order valence-corrected chi connectivity index (χ2v) is 6.58. The first kappa shape index (κ1) is 15.5. The van der Waals surface area contributed by atoms with Gasteiger partial charge in [-0.05, 0) is 67.6 Å². The molecular formula is C13H9Br3O4. The third-order valence-electron chi connectivity index (χ3n) is 2.76. The first-order chi connectivity index (χ1) is 9.31. The molecule has 0 saturated carbocycles. The van der Waals surface area contributed by atoms with E-state index in [1.807, 2.05) is 0 Å². The fraction of sp³-hybridized carbons (Fsp3) is 0.0769. The highest BCUT2D eigenvalue weighted by Gasteiger charge is 2.16. The average molecular weight is 469 g/mol. The molecule has 0 bridgehead atoms. The minimum absolute atomic E-state index is 0.213. The number of phenolic OH excluding ortho intramolecular Hbond substituents is 4. The molecule has 0 aliphatic carbocycles. The smallest absolute Gasteiger partial charge is 0.173 e. The Morgan fingerprint density at radius 2 is 1.25 bits per heavy atom. The summed E-state index contributed by atoms with van der Waals surface area (Å²) in [5, 5.41) is 38.2. The predicted molar refractivity (Wildman–Crippen MR) is 85.4 cm³/mol. The van der Waals surface area contributed by atoms with Gasteiger partial charge in [0.25, 0.3) is 0 Å². The van der Waals surface area contributed by atoms with Crippen LogP contribution < -0.4 is 0 Å². The fourth-order valence-corrected chi connectivity index (χ4v) is 3.09. The maximum atomic E-state index is 9.65. The van der Waals surface area contributed by atoms with Crippen LogP contribution in [0.5, 0.6) is 23.0 Å². The zero-order valence-corrected chi connectivity index (χ0v) is 14.6. The lowest BCUT2D eigenvalue weighted by Gasteiger charge is -2.12. The van der Waals surface area contributed by atoms with Crippen LogP contribution in [0.15, 0.2) is 31.6 Å². The van der Waals surface area contributed by atoms with Crippen molar-refractivity contribution in [3.05, 3.63) is 42.7 Å². The summed E-state index contributed by atoms with van der Waals surface area (Å²) < 4.78 is 1.59. The lowest BCUT2D eigenvalue weighted by atomic mass is 10.0. The third-order valence-corrected chi connectivity index (χ3v) is 5.71. The molecule has 0 spiro atoms. The van der Waals surface area contributed by atoms with Crippen LogP contribution in [0.25, 0.3) is 0 Å². The summed E-state index contributed by atoms with van der Waals surface area (Å²) in [6, 6.07) is 4.26. The van der Waals surface area contributed by atoms with Gasteiger partial charge in [0, 0.05) is 8.95 Å². The van der Waals surface area contributed by atoms with Crippen molar-refractivity contribution < 1.29 is 20.4 Å². The topological polar surface area (TPSA) is 80.9 Å². The van der Waals surface area contributed by atoms with E-state index in [0.29, 0.717) is 25.4 Å². The quantitative estimate of drug-likeness (QED) is 0.493. The number of phenols is 4. The Kier molecular flexibility index (Phi) is 4.51. The van der Waals surface area contributed by atoms with E-state index in [0.717, 1.165) is 5.56 Å². The minimum atomic E-state index is -0.242. The summed E-state index contributed by atoms with van der Waals surface area (Å²) in [7, 11) is 0. The van der Waals surface area contributed by atoms with Crippen molar-refractivity contribution in [1.82, 2.24) is 0 Å². The molecule has 0 heterocycles. The van der Waals surface area contributed by atoms with Crippen LogP contribution >= 0.6 is 47.8 Å². The lowest BCUT2D eigenvalue weighted by Crippen LogP contribution is -1.93. The fourth-order valence-electron chi connectivity index (χ4n) is 1.72. The van der Waals surface area contributed by atoms with Gasteiger partial charge in [-0.1, -0.05) is 15.9 Å². The molecule has 0 saturated heterocycles. The molecule has 106 valence electrons. The highest BCUT2D eigenvalue weighted by molar-refractivity contribution is 9.13. The van der Waals surface area contributed by atoms with Crippen LogP contribution in [0, 0.1) is 0 Å². The number of aromatic hydroxyl groups is 4. The molecule has 0 aliphatic heterocycles. The van der Waals surface area contributed by atoms with Crippen LogP contribution in [0.3, 0.4) is 0 Å². The van der Waals surface area contributed by atoms with Gasteiger partial charge in [-0.3, -0.25) is 0 Å². The van der Waals surface area contributed by atoms with Crippen molar-refractivity contribution >= 4 is 47.8 Å². The zero-order valence-electron chi connectivity index (χ0n) is 9.86. The van der Waals surface area contributed by atoms with Crippen LogP contribution in [0.2, 0.25) is 0 Å². The van der Waals surface area contributed by atoms with Gasteiger partial charge in [0.2, 0.25) is 0 Å².